The SMILES string of the molecule is CNc1cc(NCCCn2ccnn2)nc(N)n1. The zero-order valence-corrected chi connectivity index (χ0v) is 10.2. The van der Waals surface area contributed by atoms with Gasteiger partial charge in [0.25, 0.3) is 0 Å². The Morgan fingerprint density at radius 3 is 2.89 bits per heavy atom. The van der Waals surface area contributed by atoms with Crippen LogP contribution in [0.4, 0.5) is 17.6 Å². The van der Waals surface area contributed by atoms with E-state index >= 15 is 0 Å². The topological polar surface area (TPSA) is 107 Å². The second-order valence-corrected chi connectivity index (χ2v) is 3.69. The molecule has 18 heavy (non-hydrogen) atoms. The number of hydrogen-bond donors (Lipinski definition) is 3. The van der Waals surface area contributed by atoms with E-state index in [2.05, 4.69) is 30.9 Å². The number of anilines is 3. The fourth-order valence-corrected chi connectivity index (χ4v) is 1.49. The van der Waals surface area contributed by atoms with Gasteiger partial charge in [0.2, 0.25) is 5.95 Å². The number of aryl methyl sites for hydroxylation is 1. The van der Waals surface area contributed by atoms with Crippen molar-refractivity contribution in [3.8, 4) is 0 Å². The van der Waals surface area contributed by atoms with Crippen molar-refractivity contribution in [3.05, 3.63) is 18.5 Å². The summed E-state index contributed by atoms with van der Waals surface area (Å²) in [4.78, 5) is 8.11. The molecule has 96 valence electrons. The average Bonchev–Trinajstić information content (AvgIpc) is 2.87. The molecular weight excluding hydrogens is 232 g/mol. The molecule has 0 aliphatic heterocycles. The quantitative estimate of drug-likeness (QED) is 0.626. The summed E-state index contributed by atoms with van der Waals surface area (Å²) in [5.74, 6) is 1.66. The summed E-state index contributed by atoms with van der Waals surface area (Å²) in [6, 6.07) is 1.81. The van der Waals surface area contributed by atoms with Gasteiger partial charge in [-0.25, -0.2) is 0 Å². The maximum absolute atomic E-state index is 5.59. The molecule has 0 fully saturated rings. The molecule has 0 saturated heterocycles. The van der Waals surface area contributed by atoms with Gasteiger partial charge >= 0.3 is 0 Å². The summed E-state index contributed by atoms with van der Waals surface area (Å²) in [7, 11) is 1.79. The van der Waals surface area contributed by atoms with Crippen LogP contribution in [0, 0.1) is 0 Å². The summed E-state index contributed by atoms with van der Waals surface area (Å²) < 4.78 is 1.79. The molecule has 0 unspecified atom stereocenters. The monoisotopic (exact) mass is 248 g/mol. The number of nitrogens with two attached hydrogens (primary N) is 1. The van der Waals surface area contributed by atoms with Crippen molar-refractivity contribution < 1.29 is 0 Å². The van der Waals surface area contributed by atoms with Crippen LogP contribution in [0.25, 0.3) is 0 Å². The number of nitrogens with one attached hydrogen (secondary N) is 2. The smallest absolute Gasteiger partial charge is 0.223 e. The van der Waals surface area contributed by atoms with Crippen LogP contribution in [0.1, 0.15) is 6.42 Å². The van der Waals surface area contributed by atoms with E-state index in [1.54, 1.807) is 17.9 Å². The summed E-state index contributed by atoms with van der Waals surface area (Å²) in [5.41, 5.74) is 5.59. The first-order chi connectivity index (χ1) is 8.78. The molecule has 0 aromatic carbocycles. The third-order valence-electron chi connectivity index (χ3n) is 2.34. The molecule has 2 heterocycles. The van der Waals surface area contributed by atoms with Crippen molar-refractivity contribution in [2.75, 3.05) is 30.0 Å². The Morgan fingerprint density at radius 2 is 2.17 bits per heavy atom. The van der Waals surface area contributed by atoms with Crippen molar-refractivity contribution in [1.29, 1.82) is 0 Å². The first-order valence-electron chi connectivity index (χ1n) is 5.68. The summed E-state index contributed by atoms with van der Waals surface area (Å²) in [6.45, 7) is 1.59. The Bertz CT molecular complexity index is 481. The Labute approximate surface area is 105 Å². The number of hydrogen-bond acceptors (Lipinski definition) is 7. The third-order valence-corrected chi connectivity index (χ3v) is 2.34. The molecule has 0 amide bonds. The third kappa shape index (κ3) is 3.30. The highest BCUT2D eigenvalue weighted by Gasteiger charge is 2.00. The highest BCUT2D eigenvalue weighted by Crippen LogP contribution is 2.11. The molecule has 0 radical (unpaired) electrons. The maximum atomic E-state index is 5.59. The van der Waals surface area contributed by atoms with Crippen LogP contribution in [0.3, 0.4) is 0 Å². The van der Waals surface area contributed by atoms with Crippen molar-refractivity contribution in [1.82, 2.24) is 25.0 Å². The van der Waals surface area contributed by atoms with E-state index in [1.807, 2.05) is 12.3 Å². The van der Waals surface area contributed by atoms with E-state index in [1.165, 1.54) is 0 Å². The molecule has 8 nitrogen and oxygen atoms in total. The molecule has 2 aromatic rings. The zero-order chi connectivity index (χ0) is 12.8. The Kier molecular flexibility index (Phi) is 3.90. The zero-order valence-electron chi connectivity index (χ0n) is 10.2. The Morgan fingerprint density at radius 1 is 1.33 bits per heavy atom. The molecule has 2 rings (SSSR count). The number of aromatic nitrogens is 5. The molecule has 0 aliphatic carbocycles. The van der Waals surface area contributed by atoms with Gasteiger partial charge in [0.15, 0.2) is 0 Å². The second-order valence-electron chi connectivity index (χ2n) is 3.69. The molecule has 4 N–H and O–H groups in total. The predicted molar refractivity (Wildman–Crippen MR) is 69.1 cm³/mol. The van der Waals surface area contributed by atoms with Crippen LogP contribution in [-0.4, -0.2) is 38.6 Å². The highest BCUT2D eigenvalue weighted by atomic mass is 15.4. The van der Waals surface area contributed by atoms with E-state index in [0.29, 0.717) is 11.6 Å². The fourth-order valence-electron chi connectivity index (χ4n) is 1.49. The van der Waals surface area contributed by atoms with Crippen molar-refractivity contribution in [2.24, 2.45) is 0 Å². The molecule has 0 saturated carbocycles. The van der Waals surface area contributed by atoms with E-state index in [9.17, 15) is 0 Å². The van der Waals surface area contributed by atoms with Crippen LogP contribution >= 0.6 is 0 Å². The molecule has 0 spiro atoms. The lowest BCUT2D eigenvalue weighted by Crippen LogP contribution is -2.10. The summed E-state index contributed by atoms with van der Waals surface area (Å²) in [5, 5.41) is 13.7. The minimum Gasteiger partial charge on any atom is -0.373 e. The van der Waals surface area contributed by atoms with Crippen LogP contribution < -0.4 is 16.4 Å². The van der Waals surface area contributed by atoms with Crippen LogP contribution in [0.5, 0.6) is 0 Å². The number of nitrogens with zero attached hydrogens (tertiary/aromatic N) is 5. The van der Waals surface area contributed by atoms with Gasteiger partial charge < -0.3 is 16.4 Å². The van der Waals surface area contributed by atoms with Gasteiger partial charge in [0.1, 0.15) is 11.6 Å². The van der Waals surface area contributed by atoms with E-state index in [-0.39, 0.29) is 5.95 Å². The van der Waals surface area contributed by atoms with E-state index in [0.717, 1.165) is 19.5 Å². The largest absolute Gasteiger partial charge is 0.373 e. The number of nitrogen functional groups attached to an aromatic ring is 1. The lowest BCUT2D eigenvalue weighted by atomic mass is 10.4. The molecule has 8 heteroatoms. The van der Waals surface area contributed by atoms with Crippen LogP contribution in [-0.2, 0) is 6.54 Å². The molecule has 0 aliphatic rings. The maximum Gasteiger partial charge on any atom is 0.223 e. The first kappa shape index (κ1) is 12.1. The molecule has 2 aromatic heterocycles. The fraction of sp³-hybridized carbons (Fsp3) is 0.400. The van der Waals surface area contributed by atoms with E-state index in [4.69, 9.17) is 5.73 Å². The Hall–Kier alpha value is -2.38. The molecular formula is C10H16N8. The van der Waals surface area contributed by atoms with Gasteiger partial charge in [-0.15, -0.1) is 5.10 Å². The molecule has 0 atom stereocenters. The molecule has 0 bridgehead atoms. The lowest BCUT2D eigenvalue weighted by Gasteiger charge is -2.07. The van der Waals surface area contributed by atoms with Gasteiger partial charge in [0, 0.05) is 32.4 Å². The highest BCUT2D eigenvalue weighted by molar-refractivity contribution is 5.50. The summed E-state index contributed by atoms with van der Waals surface area (Å²) >= 11 is 0. The van der Waals surface area contributed by atoms with Crippen LogP contribution in [0.2, 0.25) is 0 Å². The minimum absolute atomic E-state index is 0.251. The summed E-state index contributed by atoms with van der Waals surface area (Å²) in [6.07, 6.45) is 4.42. The Balaban J connectivity index is 1.81. The second kappa shape index (κ2) is 5.80. The van der Waals surface area contributed by atoms with Gasteiger partial charge in [-0.2, -0.15) is 9.97 Å². The van der Waals surface area contributed by atoms with Crippen molar-refractivity contribution in [2.45, 2.75) is 13.0 Å². The van der Waals surface area contributed by atoms with Crippen molar-refractivity contribution >= 4 is 17.6 Å². The normalized spacial score (nSPS) is 10.3. The van der Waals surface area contributed by atoms with Gasteiger partial charge in [-0.1, -0.05) is 5.21 Å². The minimum atomic E-state index is 0.251. The average molecular weight is 248 g/mol. The number of rotatable bonds is 6. The lowest BCUT2D eigenvalue weighted by molar-refractivity contribution is 0.569. The van der Waals surface area contributed by atoms with Crippen LogP contribution in [0.15, 0.2) is 18.5 Å². The van der Waals surface area contributed by atoms with Gasteiger partial charge in [0.05, 0.1) is 6.20 Å². The predicted octanol–water partition coefficient (Wildman–Crippen LogP) is 0.194. The first-order valence-corrected chi connectivity index (χ1v) is 5.68. The van der Waals surface area contributed by atoms with E-state index < -0.39 is 0 Å². The van der Waals surface area contributed by atoms with Crippen molar-refractivity contribution in [3.63, 3.8) is 0 Å². The standard InChI is InChI=1S/C10H16N8/c1-12-8-7-9(16-10(11)15-8)13-3-2-5-18-6-4-14-17-18/h4,6-7H,2-3,5H2,1H3,(H4,11,12,13,15,16). The van der Waals surface area contributed by atoms with Gasteiger partial charge in [-0.05, 0) is 6.42 Å². The van der Waals surface area contributed by atoms with Gasteiger partial charge in [-0.3, -0.25) is 4.68 Å².